The molecule has 1 amide bonds. The SMILES string of the molecule is CC(C)[C@H](NC(=O)c1ccccc1Br)C(=O)OCC(=O)c1ccccc1. The van der Waals surface area contributed by atoms with Crippen molar-refractivity contribution in [3.8, 4) is 0 Å². The molecule has 1 N–H and O–H groups in total. The van der Waals surface area contributed by atoms with Crippen LogP contribution in [-0.4, -0.2) is 30.3 Å². The molecule has 0 aliphatic rings. The standard InChI is InChI=1S/C20H20BrNO4/c1-13(2)18(22-19(24)15-10-6-7-11-16(15)21)20(25)26-12-17(23)14-8-4-3-5-9-14/h3-11,13,18H,12H2,1-2H3,(H,22,24)/t18-/m0/s1. The minimum atomic E-state index is -0.849. The van der Waals surface area contributed by atoms with Crippen LogP contribution in [-0.2, 0) is 9.53 Å². The molecule has 0 unspecified atom stereocenters. The molecule has 0 saturated carbocycles. The molecule has 0 radical (unpaired) electrons. The van der Waals surface area contributed by atoms with Crippen LogP contribution < -0.4 is 5.32 Å². The van der Waals surface area contributed by atoms with E-state index < -0.39 is 12.0 Å². The third-order valence-electron chi connectivity index (χ3n) is 3.77. The number of Topliss-reactive ketones (excluding diaryl/α,β-unsaturated/α-hetero) is 1. The number of halogens is 1. The lowest BCUT2D eigenvalue weighted by Gasteiger charge is -2.21. The molecule has 2 aromatic carbocycles. The third kappa shape index (κ3) is 5.26. The number of ketones is 1. The normalized spacial score (nSPS) is 11.7. The summed E-state index contributed by atoms with van der Waals surface area (Å²) < 4.78 is 5.77. The van der Waals surface area contributed by atoms with Gasteiger partial charge >= 0.3 is 5.97 Å². The van der Waals surface area contributed by atoms with E-state index in [2.05, 4.69) is 21.2 Å². The maximum atomic E-state index is 12.4. The number of nitrogens with one attached hydrogen (secondary N) is 1. The molecule has 0 fully saturated rings. The maximum absolute atomic E-state index is 12.4. The second-order valence-electron chi connectivity index (χ2n) is 6.07. The summed E-state index contributed by atoms with van der Waals surface area (Å²) >= 11 is 3.31. The summed E-state index contributed by atoms with van der Waals surface area (Å²) in [6.45, 7) is 3.23. The Morgan fingerprint density at radius 2 is 1.62 bits per heavy atom. The summed E-state index contributed by atoms with van der Waals surface area (Å²) in [7, 11) is 0. The van der Waals surface area contributed by atoms with Gasteiger partial charge in [-0.3, -0.25) is 9.59 Å². The van der Waals surface area contributed by atoms with Gasteiger partial charge in [-0.05, 0) is 34.0 Å². The van der Waals surface area contributed by atoms with Crippen molar-refractivity contribution in [1.82, 2.24) is 5.32 Å². The Labute approximate surface area is 160 Å². The summed E-state index contributed by atoms with van der Waals surface area (Å²) in [6.07, 6.45) is 0. The lowest BCUT2D eigenvalue weighted by Crippen LogP contribution is -2.45. The minimum absolute atomic E-state index is 0.194. The second-order valence-corrected chi connectivity index (χ2v) is 6.93. The number of carbonyl (C=O) groups excluding carboxylic acids is 3. The zero-order valence-corrected chi connectivity index (χ0v) is 16.2. The Hall–Kier alpha value is -2.47. The molecule has 5 nitrogen and oxygen atoms in total. The van der Waals surface area contributed by atoms with Crippen LogP contribution in [0.15, 0.2) is 59.1 Å². The van der Waals surface area contributed by atoms with E-state index in [9.17, 15) is 14.4 Å². The molecule has 0 saturated heterocycles. The lowest BCUT2D eigenvalue weighted by atomic mass is 10.0. The zero-order valence-electron chi connectivity index (χ0n) is 14.6. The first kappa shape index (κ1) is 19.8. The summed E-state index contributed by atoms with van der Waals surface area (Å²) in [4.78, 5) is 36.9. The molecule has 136 valence electrons. The van der Waals surface area contributed by atoms with Crippen molar-refractivity contribution in [3.05, 3.63) is 70.2 Å². The number of esters is 1. The largest absolute Gasteiger partial charge is 0.456 e. The fraction of sp³-hybridized carbons (Fsp3) is 0.250. The number of hydrogen-bond donors (Lipinski definition) is 1. The Kier molecular flexibility index (Phi) is 7.09. The van der Waals surface area contributed by atoms with Crippen LogP contribution in [0.4, 0.5) is 0 Å². The van der Waals surface area contributed by atoms with Gasteiger partial charge in [-0.2, -0.15) is 0 Å². The van der Waals surface area contributed by atoms with Crippen molar-refractivity contribution in [2.45, 2.75) is 19.9 Å². The van der Waals surface area contributed by atoms with Gasteiger partial charge in [0.05, 0.1) is 5.56 Å². The molecule has 6 heteroatoms. The van der Waals surface area contributed by atoms with E-state index in [4.69, 9.17) is 4.74 Å². The van der Waals surface area contributed by atoms with Gasteiger partial charge in [0.2, 0.25) is 0 Å². The first-order valence-corrected chi connectivity index (χ1v) is 8.99. The van der Waals surface area contributed by atoms with E-state index in [-0.39, 0.29) is 24.2 Å². The van der Waals surface area contributed by atoms with Gasteiger partial charge in [-0.25, -0.2) is 4.79 Å². The van der Waals surface area contributed by atoms with Crippen LogP contribution in [0.5, 0.6) is 0 Å². The molecule has 0 bridgehead atoms. The molecule has 0 aromatic heterocycles. The van der Waals surface area contributed by atoms with E-state index in [0.29, 0.717) is 15.6 Å². The molecule has 2 rings (SSSR count). The van der Waals surface area contributed by atoms with E-state index in [1.54, 1.807) is 68.4 Å². The fourth-order valence-corrected chi connectivity index (χ4v) is 2.76. The summed E-state index contributed by atoms with van der Waals surface area (Å²) in [5.74, 6) is -1.51. The highest BCUT2D eigenvalue weighted by molar-refractivity contribution is 9.10. The summed E-state index contributed by atoms with van der Waals surface area (Å²) in [5.41, 5.74) is 0.893. The molecular formula is C20H20BrNO4. The van der Waals surface area contributed by atoms with Crippen LogP contribution in [0.1, 0.15) is 34.6 Å². The van der Waals surface area contributed by atoms with Crippen LogP contribution in [0.25, 0.3) is 0 Å². The van der Waals surface area contributed by atoms with Crippen LogP contribution in [0, 0.1) is 5.92 Å². The average molecular weight is 418 g/mol. The maximum Gasteiger partial charge on any atom is 0.329 e. The molecule has 0 aliphatic heterocycles. The number of amides is 1. The first-order chi connectivity index (χ1) is 12.4. The lowest BCUT2D eigenvalue weighted by molar-refractivity contribution is -0.145. The molecular weight excluding hydrogens is 398 g/mol. The Balaban J connectivity index is 2.00. The number of benzene rings is 2. The van der Waals surface area contributed by atoms with Gasteiger partial charge in [0.1, 0.15) is 6.04 Å². The van der Waals surface area contributed by atoms with Crippen LogP contribution in [0.3, 0.4) is 0 Å². The molecule has 1 atom stereocenters. The topological polar surface area (TPSA) is 72.5 Å². The van der Waals surface area contributed by atoms with Crippen molar-refractivity contribution >= 4 is 33.6 Å². The highest BCUT2D eigenvalue weighted by Crippen LogP contribution is 2.16. The molecule has 0 aliphatic carbocycles. The van der Waals surface area contributed by atoms with E-state index >= 15 is 0 Å². The van der Waals surface area contributed by atoms with Crippen molar-refractivity contribution < 1.29 is 19.1 Å². The van der Waals surface area contributed by atoms with Crippen LogP contribution in [0.2, 0.25) is 0 Å². The smallest absolute Gasteiger partial charge is 0.329 e. The van der Waals surface area contributed by atoms with Gasteiger partial charge < -0.3 is 10.1 Å². The van der Waals surface area contributed by atoms with Gasteiger partial charge in [0, 0.05) is 10.0 Å². The van der Waals surface area contributed by atoms with E-state index in [1.807, 2.05) is 0 Å². The number of rotatable bonds is 7. The Bertz CT molecular complexity index is 789. The van der Waals surface area contributed by atoms with Crippen molar-refractivity contribution in [2.24, 2.45) is 5.92 Å². The Morgan fingerprint density at radius 1 is 1.00 bits per heavy atom. The third-order valence-corrected chi connectivity index (χ3v) is 4.46. The van der Waals surface area contributed by atoms with Crippen LogP contribution >= 0.6 is 15.9 Å². The fourth-order valence-electron chi connectivity index (χ4n) is 2.30. The van der Waals surface area contributed by atoms with Gasteiger partial charge in [0.25, 0.3) is 5.91 Å². The predicted octanol–water partition coefficient (Wildman–Crippen LogP) is 3.63. The first-order valence-electron chi connectivity index (χ1n) is 8.20. The summed E-state index contributed by atoms with van der Waals surface area (Å²) in [6, 6.07) is 14.7. The molecule has 0 spiro atoms. The highest BCUT2D eigenvalue weighted by Gasteiger charge is 2.27. The second kappa shape index (κ2) is 9.29. The summed E-state index contributed by atoms with van der Waals surface area (Å²) in [5, 5.41) is 2.68. The zero-order chi connectivity index (χ0) is 19.1. The predicted molar refractivity (Wildman–Crippen MR) is 102 cm³/mol. The van der Waals surface area contributed by atoms with Gasteiger partial charge in [0.15, 0.2) is 12.4 Å². The van der Waals surface area contributed by atoms with Crippen molar-refractivity contribution in [2.75, 3.05) is 6.61 Å². The van der Waals surface area contributed by atoms with Gasteiger partial charge in [-0.15, -0.1) is 0 Å². The average Bonchev–Trinajstić information content (AvgIpc) is 2.64. The monoisotopic (exact) mass is 417 g/mol. The number of ether oxygens (including phenoxy) is 1. The quantitative estimate of drug-likeness (QED) is 0.551. The molecule has 2 aromatic rings. The molecule has 26 heavy (non-hydrogen) atoms. The number of hydrogen-bond acceptors (Lipinski definition) is 4. The van der Waals surface area contributed by atoms with Gasteiger partial charge in [-0.1, -0.05) is 56.3 Å². The molecule has 0 heterocycles. The number of carbonyl (C=O) groups is 3. The van der Waals surface area contributed by atoms with Crippen molar-refractivity contribution in [3.63, 3.8) is 0 Å². The highest BCUT2D eigenvalue weighted by atomic mass is 79.9. The Morgan fingerprint density at radius 3 is 2.23 bits per heavy atom. The minimum Gasteiger partial charge on any atom is -0.456 e. The van der Waals surface area contributed by atoms with E-state index in [1.165, 1.54) is 0 Å². The van der Waals surface area contributed by atoms with E-state index in [0.717, 1.165) is 0 Å². The van der Waals surface area contributed by atoms with Crippen molar-refractivity contribution in [1.29, 1.82) is 0 Å².